The second kappa shape index (κ2) is 16.3. The van der Waals surface area contributed by atoms with Crippen LogP contribution in [0.5, 0.6) is 0 Å². The van der Waals surface area contributed by atoms with Gasteiger partial charge in [-0.05, 0) is 49.4 Å². The molecule has 0 saturated carbocycles. The van der Waals surface area contributed by atoms with E-state index in [0.717, 1.165) is 10.9 Å². The summed E-state index contributed by atoms with van der Waals surface area (Å²) < 4.78 is 0. The lowest BCUT2D eigenvalue weighted by molar-refractivity contribution is -0.00000370. The average Bonchev–Trinajstić information content (AvgIpc) is 2.29. The molecular formula is C15H33FS. The van der Waals surface area contributed by atoms with Crippen LogP contribution in [0.1, 0.15) is 78.6 Å². The SMILES string of the molecule is CCCCC[S+](CCCCC)CCCCC.[F-]. The zero-order chi connectivity index (χ0) is 12.1. The smallest absolute Gasteiger partial charge is 0.108 e. The van der Waals surface area contributed by atoms with Crippen molar-refractivity contribution in [1.29, 1.82) is 0 Å². The highest BCUT2D eigenvalue weighted by molar-refractivity contribution is 7.96. The van der Waals surface area contributed by atoms with Gasteiger partial charge >= 0.3 is 0 Å². The average molecular weight is 264 g/mol. The zero-order valence-corrected chi connectivity index (χ0v) is 13.1. The van der Waals surface area contributed by atoms with Gasteiger partial charge in [-0.15, -0.1) is 0 Å². The minimum atomic E-state index is 0. The first kappa shape index (κ1) is 19.6. The van der Waals surface area contributed by atoms with E-state index in [0.29, 0.717) is 0 Å². The van der Waals surface area contributed by atoms with Crippen LogP contribution >= 0.6 is 0 Å². The number of hydrogen-bond acceptors (Lipinski definition) is 0. The summed E-state index contributed by atoms with van der Waals surface area (Å²) >= 11 is 0. The number of halogens is 1. The molecule has 0 aromatic rings. The van der Waals surface area contributed by atoms with E-state index in [1.54, 1.807) is 0 Å². The molecular weight excluding hydrogens is 231 g/mol. The van der Waals surface area contributed by atoms with Crippen molar-refractivity contribution in [3.05, 3.63) is 0 Å². The van der Waals surface area contributed by atoms with Crippen molar-refractivity contribution < 1.29 is 4.70 Å². The predicted octanol–water partition coefficient (Wildman–Crippen LogP) is 2.18. The van der Waals surface area contributed by atoms with Gasteiger partial charge in [-0.25, -0.2) is 0 Å². The Hall–Kier alpha value is 0.280. The Labute approximate surface area is 112 Å². The molecule has 2 heteroatoms. The van der Waals surface area contributed by atoms with E-state index >= 15 is 0 Å². The summed E-state index contributed by atoms with van der Waals surface area (Å²) in [5, 5.41) is 0. The molecule has 0 aliphatic heterocycles. The molecule has 0 rings (SSSR count). The van der Waals surface area contributed by atoms with Gasteiger partial charge in [-0.1, -0.05) is 40.0 Å². The fourth-order valence-electron chi connectivity index (χ4n) is 1.97. The standard InChI is InChI=1S/C15H33S.FH/c1-4-7-10-13-16(14-11-8-5-2)15-12-9-6-3;/h4-15H2,1-3H3;1H/q+1;/p-1. The lowest BCUT2D eigenvalue weighted by Gasteiger charge is -2.08. The van der Waals surface area contributed by atoms with E-state index in [2.05, 4.69) is 20.8 Å². The third-order valence-electron chi connectivity index (χ3n) is 3.11. The Balaban J connectivity index is 0. The molecule has 0 amide bonds. The molecule has 17 heavy (non-hydrogen) atoms. The van der Waals surface area contributed by atoms with Gasteiger partial charge in [0.15, 0.2) is 0 Å². The van der Waals surface area contributed by atoms with Crippen LogP contribution < -0.4 is 4.70 Å². The van der Waals surface area contributed by atoms with Crippen molar-refractivity contribution in [1.82, 2.24) is 0 Å². The van der Waals surface area contributed by atoms with Gasteiger partial charge in [0.1, 0.15) is 17.3 Å². The highest BCUT2D eigenvalue weighted by Gasteiger charge is 2.15. The Morgan fingerprint density at radius 3 is 1.06 bits per heavy atom. The van der Waals surface area contributed by atoms with Crippen LogP contribution in [0.15, 0.2) is 0 Å². The highest BCUT2D eigenvalue weighted by atomic mass is 32.2. The fourth-order valence-corrected chi connectivity index (χ4v) is 4.42. The molecule has 0 fully saturated rings. The Morgan fingerprint density at radius 2 is 0.824 bits per heavy atom. The predicted molar refractivity (Wildman–Crippen MR) is 80.5 cm³/mol. The normalized spacial score (nSPS) is 10.6. The van der Waals surface area contributed by atoms with E-state index in [1.807, 2.05) is 0 Å². The van der Waals surface area contributed by atoms with Crippen molar-refractivity contribution in [3.63, 3.8) is 0 Å². The van der Waals surface area contributed by atoms with Gasteiger partial charge in [0.05, 0.1) is 0 Å². The topological polar surface area (TPSA) is 0 Å². The maximum absolute atomic E-state index is 2.31. The Bertz CT molecular complexity index is 104. The van der Waals surface area contributed by atoms with Crippen molar-refractivity contribution >= 4 is 10.9 Å². The molecule has 0 unspecified atom stereocenters. The van der Waals surface area contributed by atoms with Crippen LogP contribution in [0.3, 0.4) is 0 Å². The molecule has 0 aromatic heterocycles. The Kier molecular flexibility index (Phi) is 18.8. The molecule has 0 bridgehead atoms. The van der Waals surface area contributed by atoms with Crippen LogP contribution in [-0.2, 0) is 10.9 Å². The molecule has 0 radical (unpaired) electrons. The van der Waals surface area contributed by atoms with E-state index in [-0.39, 0.29) is 4.70 Å². The first-order valence-electron chi connectivity index (χ1n) is 7.49. The number of unbranched alkanes of at least 4 members (excludes halogenated alkanes) is 6. The van der Waals surface area contributed by atoms with Gasteiger partial charge in [0.2, 0.25) is 0 Å². The molecule has 106 valence electrons. The minimum Gasteiger partial charge on any atom is -1.00 e. The van der Waals surface area contributed by atoms with Gasteiger partial charge < -0.3 is 4.70 Å². The van der Waals surface area contributed by atoms with Gasteiger partial charge in [0.25, 0.3) is 0 Å². The third kappa shape index (κ3) is 14.2. The number of rotatable bonds is 12. The summed E-state index contributed by atoms with van der Waals surface area (Å²) in [6, 6.07) is 0. The second-order valence-corrected chi connectivity index (χ2v) is 7.30. The summed E-state index contributed by atoms with van der Waals surface area (Å²) in [4.78, 5) is 0. The molecule has 0 atom stereocenters. The first-order valence-corrected chi connectivity index (χ1v) is 9.22. The van der Waals surface area contributed by atoms with E-state index in [9.17, 15) is 0 Å². The minimum absolute atomic E-state index is 0. The highest BCUT2D eigenvalue weighted by Crippen LogP contribution is 2.10. The van der Waals surface area contributed by atoms with E-state index < -0.39 is 0 Å². The fraction of sp³-hybridized carbons (Fsp3) is 1.00. The molecule has 0 N–H and O–H groups in total. The monoisotopic (exact) mass is 264 g/mol. The van der Waals surface area contributed by atoms with Crippen molar-refractivity contribution in [3.8, 4) is 0 Å². The molecule has 0 aliphatic carbocycles. The van der Waals surface area contributed by atoms with Crippen LogP contribution in [-0.4, -0.2) is 17.3 Å². The summed E-state index contributed by atoms with van der Waals surface area (Å²) in [6.45, 7) is 6.94. The summed E-state index contributed by atoms with van der Waals surface area (Å²) in [6.07, 6.45) is 12.9. The lowest BCUT2D eigenvalue weighted by atomic mass is 10.3. The van der Waals surface area contributed by atoms with E-state index in [1.165, 1.54) is 75.0 Å². The summed E-state index contributed by atoms with van der Waals surface area (Å²) in [5.41, 5.74) is 0. The first-order chi connectivity index (χ1) is 7.85. The quantitative estimate of drug-likeness (QED) is 0.374. The van der Waals surface area contributed by atoms with Crippen LogP contribution in [0, 0.1) is 0 Å². The molecule has 0 spiro atoms. The van der Waals surface area contributed by atoms with Gasteiger partial charge in [-0.3, -0.25) is 0 Å². The van der Waals surface area contributed by atoms with Gasteiger partial charge in [-0.2, -0.15) is 0 Å². The molecule has 0 nitrogen and oxygen atoms in total. The maximum Gasteiger partial charge on any atom is 0.108 e. The molecule has 0 aliphatic rings. The van der Waals surface area contributed by atoms with Crippen LogP contribution in [0.4, 0.5) is 0 Å². The number of hydrogen-bond donors (Lipinski definition) is 0. The van der Waals surface area contributed by atoms with Gasteiger partial charge in [0, 0.05) is 0 Å². The lowest BCUT2D eigenvalue weighted by Crippen LogP contribution is -3.00. The Morgan fingerprint density at radius 1 is 0.529 bits per heavy atom. The molecule has 0 aromatic carbocycles. The summed E-state index contributed by atoms with van der Waals surface area (Å²) in [5.74, 6) is 4.59. The second-order valence-electron chi connectivity index (χ2n) is 4.85. The van der Waals surface area contributed by atoms with Crippen LogP contribution in [0.25, 0.3) is 0 Å². The largest absolute Gasteiger partial charge is 1.00 e. The van der Waals surface area contributed by atoms with E-state index in [4.69, 9.17) is 0 Å². The zero-order valence-electron chi connectivity index (χ0n) is 12.3. The molecule has 0 heterocycles. The maximum atomic E-state index is 2.31. The van der Waals surface area contributed by atoms with Crippen LogP contribution in [0.2, 0.25) is 0 Å². The third-order valence-corrected chi connectivity index (χ3v) is 5.71. The summed E-state index contributed by atoms with van der Waals surface area (Å²) in [7, 11) is 0.771. The van der Waals surface area contributed by atoms with Crippen molar-refractivity contribution in [2.75, 3.05) is 17.3 Å². The molecule has 0 saturated heterocycles. The van der Waals surface area contributed by atoms with Crippen molar-refractivity contribution in [2.24, 2.45) is 0 Å². The van der Waals surface area contributed by atoms with Crippen molar-refractivity contribution in [2.45, 2.75) is 78.6 Å².